The number of carbonyl (C=O) groups excluding carboxylic acids is 3. The monoisotopic (exact) mass is 971 g/mol. The third-order valence-corrected chi connectivity index (χ3v) is 19.0. The molecule has 0 radical (unpaired) electrons. The number of nitrogens with zero attached hydrogens (tertiary/aromatic N) is 3. The molecule has 1 fully saturated rings. The van der Waals surface area contributed by atoms with Crippen molar-refractivity contribution in [1.29, 1.82) is 0 Å². The number of fused-ring (bicyclic) bond motifs is 3. The second-order valence-corrected chi connectivity index (χ2v) is 24.6. The first-order valence-electron chi connectivity index (χ1n) is 25.1. The lowest BCUT2D eigenvalue weighted by Gasteiger charge is -2.37. The Kier molecular flexibility index (Phi) is 17.2. The van der Waals surface area contributed by atoms with Gasteiger partial charge in [0, 0.05) is 43.4 Å². The molecule has 3 N–H and O–H groups in total. The first-order chi connectivity index (χ1) is 33.7. The maximum absolute atomic E-state index is 15.9. The zero-order valence-electron chi connectivity index (χ0n) is 42.5. The Balaban J connectivity index is 1.37. The number of hydrogen-bond donors (Lipinski definition) is 3. The molecule has 0 aliphatic carbocycles. The van der Waals surface area contributed by atoms with Crippen LogP contribution in [0.3, 0.4) is 0 Å². The number of aliphatic hydroxyl groups excluding tert-OH is 2. The van der Waals surface area contributed by atoms with Crippen LogP contribution in [0.4, 0.5) is 17.1 Å². The fourth-order valence-corrected chi connectivity index (χ4v) is 15.0. The number of anilines is 3. The number of carbonyl (C=O) groups is 3. The normalized spacial score (nSPS) is 21.0. The molecule has 4 aromatic rings. The first-order valence-corrected chi connectivity index (χ1v) is 28.2. The number of nitrogens with one attached hydrogen (secondary N) is 1. The summed E-state index contributed by atoms with van der Waals surface area (Å²) >= 11 is 0. The standard InChI is InChI=1S/C57H74N4O8Si/c1-9-68-46-23-27-50-43(34-46)35-49(58-29-13-14-32-62)55(65)61(50)44-20-26-51-48(36-44)57(56(66)60(51)30-28-40(4)17-15-16-39(2)3)41(5)54(70(7,8)47-24-21-45(67-6)22-25-47)52(69-57)37-53(64)59(31-33-63)38-42-18-11-10-12-19-42/h10-12,16,18-28,34,36,41,49,52,54,58,62-63H,9,13-15,17,29-33,35,37-38H2,1-8H3/b40-28+/t41-,49?,52+,54-,57+/m0/s1. The molecule has 13 heteroatoms. The van der Waals surface area contributed by atoms with Crippen LogP contribution >= 0.6 is 0 Å². The van der Waals surface area contributed by atoms with E-state index in [0.29, 0.717) is 62.4 Å². The van der Waals surface area contributed by atoms with E-state index >= 15 is 4.79 Å². The summed E-state index contributed by atoms with van der Waals surface area (Å²) in [7, 11) is -1.01. The molecular weight excluding hydrogens is 897 g/mol. The van der Waals surface area contributed by atoms with Gasteiger partial charge >= 0.3 is 0 Å². The van der Waals surface area contributed by atoms with Crippen molar-refractivity contribution in [2.75, 3.05) is 56.4 Å². The van der Waals surface area contributed by atoms with Gasteiger partial charge in [-0.25, -0.2) is 0 Å². The zero-order valence-corrected chi connectivity index (χ0v) is 43.5. The summed E-state index contributed by atoms with van der Waals surface area (Å²) in [4.78, 5) is 50.8. The van der Waals surface area contributed by atoms with Crippen molar-refractivity contribution < 1.29 is 38.8 Å². The average Bonchev–Trinajstić information content (AvgIpc) is 3.77. The van der Waals surface area contributed by atoms with Crippen molar-refractivity contribution in [2.24, 2.45) is 5.92 Å². The molecule has 3 amide bonds. The molecule has 3 aliphatic rings. The molecule has 5 atom stereocenters. The maximum atomic E-state index is 15.9. The highest BCUT2D eigenvalue weighted by molar-refractivity contribution is 6.91. The lowest BCUT2D eigenvalue weighted by molar-refractivity contribution is -0.149. The molecule has 0 saturated carbocycles. The van der Waals surface area contributed by atoms with Gasteiger partial charge in [-0.05, 0) is 132 Å². The van der Waals surface area contributed by atoms with Gasteiger partial charge in [-0.3, -0.25) is 19.3 Å². The Morgan fingerprint density at radius 2 is 1.66 bits per heavy atom. The molecular formula is C57H74N4O8Si. The summed E-state index contributed by atoms with van der Waals surface area (Å²) in [6.45, 7) is 16.7. The lowest BCUT2D eigenvalue weighted by Crippen LogP contribution is -2.52. The fourth-order valence-electron chi connectivity index (χ4n) is 11.0. The molecule has 0 bridgehead atoms. The van der Waals surface area contributed by atoms with E-state index in [4.69, 9.17) is 14.2 Å². The SMILES string of the molecule is CCOc1ccc2c(c1)CC(NCCCCO)C(=O)N2c1ccc2c(c1)[C@@]1(O[C@H](CC(=O)N(CCO)Cc3ccccc3)[C@@H]([Si](C)(C)c3ccc(OC)cc3)[C@@H]1C)C(=O)N2C/C=C(\C)CCC=C(C)C. The van der Waals surface area contributed by atoms with E-state index in [1.807, 2.05) is 90.7 Å². The van der Waals surface area contributed by atoms with Gasteiger partial charge in [-0.1, -0.05) is 91.0 Å². The summed E-state index contributed by atoms with van der Waals surface area (Å²) in [5.41, 5.74) is 5.32. The Bertz CT molecular complexity index is 2520. The molecule has 70 heavy (non-hydrogen) atoms. The summed E-state index contributed by atoms with van der Waals surface area (Å²) in [5.74, 6) is 0.572. The van der Waals surface area contributed by atoms with Gasteiger partial charge in [-0.2, -0.15) is 0 Å². The van der Waals surface area contributed by atoms with Crippen molar-refractivity contribution in [1.82, 2.24) is 10.2 Å². The van der Waals surface area contributed by atoms with Crippen LogP contribution in [0.15, 0.2) is 114 Å². The molecule has 1 unspecified atom stereocenters. The van der Waals surface area contributed by atoms with Crippen molar-refractivity contribution >= 4 is 48.0 Å². The Morgan fingerprint density at radius 1 is 0.929 bits per heavy atom. The first kappa shape index (κ1) is 52.3. The molecule has 1 spiro atoms. The number of unbranched alkanes of at least 4 members (excludes halogenated alkanes) is 1. The predicted octanol–water partition coefficient (Wildman–Crippen LogP) is 8.71. The van der Waals surface area contributed by atoms with Gasteiger partial charge in [0.05, 0.1) is 58.3 Å². The predicted molar refractivity (Wildman–Crippen MR) is 281 cm³/mol. The van der Waals surface area contributed by atoms with Gasteiger partial charge in [0.15, 0.2) is 5.60 Å². The van der Waals surface area contributed by atoms with Crippen molar-refractivity contribution in [3.8, 4) is 11.5 Å². The number of methoxy groups -OCH3 is 1. The van der Waals surface area contributed by atoms with Crippen LogP contribution < -0.4 is 29.8 Å². The van der Waals surface area contributed by atoms with Crippen molar-refractivity contribution in [2.45, 2.75) is 116 Å². The van der Waals surface area contributed by atoms with Crippen molar-refractivity contribution in [3.05, 3.63) is 131 Å². The van der Waals surface area contributed by atoms with Crippen LogP contribution in [0.2, 0.25) is 18.6 Å². The summed E-state index contributed by atoms with van der Waals surface area (Å²) < 4.78 is 19.0. The minimum atomic E-state index is -2.66. The molecule has 7 rings (SSSR count). The Labute approximate surface area is 416 Å². The van der Waals surface area contributed by atoms with Gasteiger partial charge < -0.3 is 39.5 Å². The highest BCUT2D eigenvalue weighted by Crippen LogP contribution is 2.60. The molecule has 12 nitrogen and oxygen atoms in total. The smallest absolute Gasteiger partial charge is 0.264 e. The fraction of sp³-hybridized carbons (Fsp3) is 0.456. The number of aliphatic hydroxyl groups is 2. The number of ether oxygens (including phenoxy) is 3. The summed E-state index contributed by atoms with van der Waals surface area (Å²) in [6.07, 6.45) is 7.25. The molecule has 3 heterocycles. The second-order valence-electron chi connectivity index (χ2n) is 19.9. The molecule has 3 aliphatic heterocycles. The quantitative estimate of drug-likeness (QED) is 0.0401. The van der Waals surface area contributed by atoms with Crippen LogP contribution in [-0.4, -0.2) is 99.6 Å². The number of benzene rings is 4. The van der Waals surface area contributed by atoms with Crippen LogP contribution in [0.25, 0.3) is 0 Å². The van der Waals surface area contributed by atoms with Gasteiger partial charge in [-0.15, -0.1) is 0 Å². The Morgan fingerprint density at radius 3 is 2.34 bits per heavy atom. The van der Waals surface area contributed by atoms with E-state index in [1.54, 1.807) is 16.9 Å². The number of allylic oxidation sites excluding steroid dienone is 3. The van der Waals surface area contributed by atoms with E-state index in [2.05, 4.69) is 70.4 Å². The summed E-state index contributed by atoms with van der Waals surface area (Å²) in [6, 6.07) is 29.1. The van der Waals surface area contributed by atoms with E-state index in [1.165, 1.54) is 11.1 Å². The Hall–Kier alpha value is -5.57. The molecule has 4 aromatic carbocycles. The maximum Gasteiger partial charge on any atom is 0.264 e. The van der Waals surface area contributed by atoms with Gasteiger partial charge in [0.2, 0.25) is 11.8 Å². The van der Waals surface area contributed by atoms with Crippen LogP contribution in [0, 0.1) is 5.92 Å². The minimum Gasteiger partial charge on any atom is -0.497 e. The van der Waals surface area contributed by atoms with E-state index < -0.39 is 31.7 Å². The van der Waals surface area contributed by atoms with E-state index in [9.17, 15) is 19.8 Å². The number of rotatable bonds is 22. The van der Waals surface area contributed by atoms with Gasteiger partial charge in [0.25, 0.3) is 5.91 Å². The molecule has 374 valence electrons. The third kappa shape index (κ3) is 11.0. The number of amides is 3. The van der Waals surface area contributed by atoms with E-state index in [-0.39, 0.29) is 49.4 Å². The third-order valence-electron chi connectivity index (χ3n) is 14.6. The highest BCUT2D eigenvalue weighted by atomic mass is 28.3. The largest absolute Gasteiger partial charge is 0.497 e. The van der Waals surface area contributed by atoms with Crippen LogP contribution in [-0.2, 0) is 37.7 Å². The average molecular weight is 971 g/mol. The highest BCUT2D eigenvalue weighted by Gasteiger charge is 2.66. The number of hydrogen-bond acceptors (Lipinski definition) is 9. The van der Waals surface area contributed by atoms with Crippen molar-refractivity contribution in [3.63, 3.8) is 0 Å². The zero-order chi connectivity index (χ0) is 50.2. The van der Waals surface area contributed by atoms with Gasteiger partial charge in [0.1, 0.15) is 11.5 Å². The molecule has 0 aromatic heterocycles. The van der Waals surface area contributed by atoms with E-state index in [0.717, 1.165) is 46.3 Å². The van der Waals surface area contributed by atoms with Crippen LogP contribution in [0.1, 0.15) is 83.4 Å². The lowest BCUT2D eigenvalue weighted by atomic mass is 9.82. The minimum absolute atomic E-state index is 0.00559. The molecule has 1 saturated heterocycles. The summed E-state index contributed by atoms with van der Waals surface area (Å²) in [5, 5.41) is 24.4. The van der Waals surface area contributed by atoms with Crippen LogP contribution in [0.5, 0.6) is 11.5 Å². The topological polar surface area (TPSA) is 141 Å². The second kappa shape index (κ2) is 23.1.